The summed E-state index contributed by atoms with van der Waals surface area (Å²) in [6, 6.07) is 4.17. The second-order valence-corrected chi connectivity index (χ2v) is 8.61. The number of methoxy groups -OCH3 is 1. The topological polar surface area (TPSA) is 75.4 Å². The lowest BCUT2D eigenvalue weighted by Gasteiger charge is -2.33. The summed E-state index contributed by atoms with van der Waals surface area (Å²) in [5.74, 6) is 2.74. The average Bonchev–Trinajstić information content (AvgIpc) is 3.42. The minimum Gasteiger partial charge on any atom is -0.465 e. The molecule has 1 aliphatic rings. The van der Waals surface area contributed by atoms with Gasteiger partial charge in [0.25, 0.3) is 0 Å². The fraction of sp³-hybridized carbons (Fsp3) is 0.636. The molecule has 3 rings (SSSR count). The number of thiazole rings is 1. The minimum absolute atomic E-state index is 0.0111. The van der Waals surface area contributed by atoms with E-state index >= 15 is 0 Å². The molecule has 0 saturated carbocycles. The predicted octanol–water partition coefficient (Wildman–Crippen LogP) is 3.22. The van der Waals surface area contributed by atoms with Crippen molar-refractivity contribution in [2.75, 3.05) is 53.6 Å². The van der Waals surface area contributed by atoms with E-state index in [0.29, 0.717) is 13.1 Å². The number of aryl methyl sites for hydroxylation is 1. The van der Waals surface area contributed by atoms with Crippen LogP contribution in [0.4, 0.5) is 0 Å². The van der Waals surface area contributed by atoms with Crippen molar-refractivity contribution >= 4 is 17.3 Å². The molecule has 0 aromatic carbocycles. The van der Waals surface area contributed by atoms with Crippen LogP contribution in [0.25, 0.3) is 0 Å². The number of aromatic nitrogens is 1. The maximum Gasteiger partial charge on any atom is 0.194 e. The van der Waals surface area contributed by atoms with Crippen molar-refractivity contribution in [3.8, 4) is 0 Å². The van der Waals surface area contributed by atoms with Crippen molar-refractivity contribution in [2.24, 2.45) is 4.99 Å². The molecule has 1 aliphatic heterocycles. The molecular formula is C22H35N5O3S. The van der Waals surface area contributed by atoms with Crippen LogP contribution in [0, 0.1) is 6.92 Å². The first kappa shape index (κ1) is 23.7. The van der Waals surface area contributed by atoms with Gasteiger partial charge in [-0.1, -0.05) is 0 Å². The molecule has 0 aliphatic carbocycles. The maximum absolute atomic E-state index is 5.98. The number of nitrogens with zero attached hydrogens (tertiary/aromatic N) is 4. The molecule has 2 atom stereocenters. The fourth-order valence-corrected chi connectivity index (χ4v) is 4.39. The van der Waals surface area contributed by atoms with Gasteiger partial charge in [-0.2, -0.15) is 0 Å². The molecule has 8 nitrogen and oxygen atoms in total. The molecular weight excluding hydrogens is 414 g/mol. The van der Waals surface area contributed by atoms with Crippen LogP contribution >= 0.6 is 11.3 Å². The number of furan rings is 1. The van der Waals surface area contributed by atoms with Crippen LogP contribution in [0.1, 0.15) is 48.2 Å². The van der Waals surface area contributed by atoms with Crippen LogP contribution in [0.15, 0.2) is 26.9 Å². The molecule has 31 heavy (non-hydrogen) atoms. The normalized spacial score (nSPS) is 17.5. The smallest absolute Gasteiger partial charge is 0.194 e. The molecule has 1 N–H and O–H groups in total. The number of morpholine rings is 1. The van der Waals surface area contributed by atoms with E-state index in [1.54, 1.807) is 18.4 Å². The first-order valence-electron chi connectivity index (χ1n) is 10.9. The van der Waals surface area contributed by atoms with Crippen molar-refractivity contribution in [1.82, 2.24) is 20.1 Å². The zero-order valence-corrected chi connectivity index (χ0v) is 20.1. The zero-order chi connectivity index (χ0) is 22.2. The Labute approximate surface area is 189 Å². The molecule has 2 unspecified atom stereocenters. The molecule has 0 radical (unpaired) electrons. The average molecular weight is 450 g/mol. The van der Waals surface area contributed by atoms with E-state index < -0.39 is 0 Å². The standard InChI is InChI=1S/C22H35N5O3S/c1-6-23-22(26(4)14-18-15-31-21(25-18)17(3)28-5)24-13-19(20-8-7-16(2)30-20)27-9-11-29-12-10-27/h7-8,15,17,19H,6,9-14H2,1-5H3,(H,23,24). The third-order valence-electron chi connectivity index (χ3n) is 5.36. The number of ether oxygens (including phenoxy) is 2. The first-order chi connectivity index (χ1) is 15.0. The van der Waals surface area contributed by atoms with E-state index in [9.17, 15) is 0 Å². The van der Waals surface area contributed by atoms with Gasteiger partial charge in [-0.05, 0) is 32.9 Å². The lowest BCUT2D eigenvalue weighted by atomic mass is 10.1. The van der Waals surface area contributed by atoms with Crippen LogP contribution in [-0.2, 0) is 16.0 Å². The van der Waals surface area contributed by atoms with Crippen LogP contribution < -0.4 is 5.32 Å². The second kappa shape index (κ2) is 11.6. The molecule has 9 heteroatoms. The number of hydrogen-bond donors (Lipinski definition) is 1. The minimum atomic E-state index is 0.0111. The maximum atomic E-state index is 5.98. The van der Waals surface area contributed by atoms with Gasteiger partial charge in [0.15, 0.2) is 5.96 Å². The van der Waals surface area contributed by atoms with E-state index in [2.05, 4.69) is 33.5 Å². The van der Waals surface area contributed by atoms with Gasteiger partial charge in [0.1, 0.15) is 22.6 Å². The van der Waals surface area contributed by atoms with E-state index in [-0.39, 0.29) is 12.1 Å². The number of hydrogen-bond acceptors (Lipinski definition) is 7. The number of nitrogens with one attached hydrogen (secondary N) is 1. The largest absolute Gasteiger partial charge is 0.465 e. The molecule has 3 heterocycles. The lowest BCUT2D eigenvalue weighted by molar-refractivity contribution is 0.0135. The summed E-state index contributed by atoms with van der Waals surface area (Å²) in [5, 5.41) is 6.50. The van der Waals surface area contributed by atoms with Crippen LogP contribution in [0.3, 0.4) is 0 Å². The Morgan fingerprint density at radius 1 is 1.39 bits per heavy atom. The van der Waals surface area contributed by atoms with Gasteiger partial charge >= 0.3 is 0 Å². The Morgan fingerprint density at radius 2 is 2.16 bits per heavy atom. The summed E-state index contributed by atoms with van der Waals surface area (Å²) in [5.41, 5.74) is 1.02. The van der Waals surface area contributed by atoms with Gasteiger partial charge in [-0.15, -0.1) is 11.3 Å². The summed E-state index contributed by atoms with van der Waals surface area (Å²) in [7, 11) is 3.75. The van der Waals surface area contributed by atoms with Gasteiger partial charge in [0, 0.05) is 39.2 Å². The SMILES string of the molecule is CCNC(=NCC(c1ccc(C)o1)N1CCOCC1)N(C)Cc1csc(C(C)OC)n1. The summed E-state index contributed by atoms with van der Waals surface area (Å²) in [4.78, 5) is 14.2. The number of guanidine groups is 1. The monoisotopic (exact) mass is 449 g/mol. The molecule has 0 amide bonds. The lowest BCUT2D eigenvalue weighted by Crippen LogP contribution is -2.42. The van der Waals surface area contributed by atoms with Crippen molar-refractivity contribution in [1.29, 1.82) is 0 Å². The highest BCUT2D eigenvalue weighted by molar-refractivity contribution is 7.09. The number of rotatable bonds is 9. The van der Waals surface area contributed by atoms with Crippen LogP contribution in [0.5, 0.6) is 0 Å². The summed E-state index contributed by atoms with van der Waals surface area (Å²) >= 11 is 1.63. The van der Waals surface area contributed by atoms with Gasteiger partial charge in [0.05, 0.1) is 38.0 Å². The Hall–Kier alpha value is -1.94. The Morgan fingerprint density at radius 3 is 2.81 bits per heavy atom. The Bertz CT molecular complexity index is 831. The van der Waals surface area contributed by atoms with Crippen molar-refractivity contribution in [3.05, 3.63) is 39.7 Å². The Kier molecular flexibility index (Phi) is 8.89. The predicted molar refractivity (Wildman–Crippen MR) is 124 cm³/mol. The summed E-state index contributed by atoms with van der Waals surface area (Å²) < 4.78 is 16.9. The summed E-state index contributed by atoms with van der Waals surface area (Å²) in [6.45, 7) is 11.4. The van der Waals surface area contributed by atoms with Crippen molar-refractivity contribution in [2.45, 2.75) is 39.5 Å². The zero-order valence-electron chi connectivity index (χ0n) is 19.3. The highest BCUT2D eigenvalue weighted by Crippen LogP contribution is 2.25. The van der Waals surface area contributed by atoms with E-state index in [4.69, 9.17) is 23.9 Å². The van der Waals surface area contributed by atoms with E-state index in [0.717, 1.165) is 61.0 Å². The van der Waals surface area contributed by atoms with Crippen LogP contribution in [0.2, 0.25) is 0 Å². The molecule has 2 aromatic rings. The third kappa shape index (κ3) is 6.52. The quantitative estimate of drug-likeness (QED) is 0.465. The first-order valence-corrected chi connectivity index (χ1v) is 11.7. The molecule has 0 bridgehead atoms. The van der Waals surface area contributed by atoms with Crippen LogP contribution in [-0.4, -0.2) is 74.3 Å². The molecule has 1 saturated heterocycles. The van der Waals surface area contributed by atoms with Gasteiger partial charge in [0.2, 0.25) is 0 Å². The molecule has 2 aromatic heterocycles. The Balaban J connectivity index is 1.72. The highest BCUT2D eigenvalue weighted by Gasteiger charge is 2.25. The van der Waals surface area contributed by atoms with Gasteiger partial charge in [-0.25, -0.2) is 4.98 Å². The fourth-order valence-electron chi connectivity index (χ4n) is 3.55. The van der Waals surface area contributed by atoms with Crippen molar-refractivity contribution < 1.29 is 13.9 Å². The summed E-state index contributed by atoms with van der Waals surface area (Å²) in [6.07, 6.45) is 0.0111. The van der Waals surface area contributed by atoms with E-state index in [1.165, 1.54) is 0 Å². The third-order valence-corrected chi connectivity index (χ3v) is 6.41. The highest BCUT2D eigenvalue weighted by atomic mass is 32.1. The second-order valence-electron chi connectivity index (χ2n) is 7.72. The molecule has 0 spiro atoms. The molecule has 172 valence electrons. The van der Waals surface area contributed by atoms with E-state index in [1.807, 2.05) is 27.0 Å². The number of aliphatic imine (C=N–C) groups is 1. The molecule has 1 fully saturated rings. The van der Waals surface area contributed by atoms with Gasteiger partial charge < -0.3 is 24.1 Å². The van der Waals surface area contributed by atoms with Gasteiger partial charge in [-0.3, -0.25) is 9.89 Å². The van der Waals surface area contributed by atoms with Crippen molar-refractivity contribution in [3.63, 3.8) is 0 Å².